The van der Waals surface area contributed by atoms with Gasteiger partial charge in [-0.3, -0.25) is 4.79 Å². The van der Waals surface area contributed by atoms with Crippen LogP contribution < -0.4 is 15.8 Å². The lowest BCUT2D eigenvalue weighted by Gasteiger charge is -2.23. The van der Waals surface area contributed by atoms with E-state index in [0.717, 1.165) is 6.42 Å². The van der Waals surface area contributed by atoms with Gasteiger partial charge in [0.2, 0.25) is 15.9 Å². The van der Waals surface area contributed by atoms with Crippen LogP contribution in [0.5, 0.6) is 0 Å². The van der Waals surface area contributed by atoms with Gasteiger partial charge in [0.15, 0.2) is 0 Å². The van der Waals surface area contributed by atoms with Crippen LogP contribution in [-0.4, -0.2) is 26.4 Å². The van der Waals surface area contributed by atoms with Crippen LogP contribution in [0.25, 0.3) is 0 Å². The molecule has 0 bridgehead atoms. The lowest BCUT2D eigenvalue weighted by atomic mass is 10.0. The predicted octanol–water partition coefficient (Wildman–Crippen LogP) is 1.05. The smallest absolute Gasteiger partial charge is 0.242 e. The summed E-state index contributed by atoms with van der Waals surface area (Å²) < 4.78 is 26.3. The summed E-state index contributed by atoms with van der Waals surface area (Å²) in [6, 6.07) is 6.17. The van der Waals surface area contributed by atoms with Gasteiger partial charge in [0.05, 0.1) is 4.90 Å². The minimum Gasteiger partial charge on any atom is -0.372 e. The van der Waals surface area contributed by atoms with Gasteiger partial charge in [-0.05, 0) is 44.5 Å². The molecule has 1 aromatic rings. The van der Waals surface area contributed by atoms with Crippen molar-refractivity contribution in [3.8, 4) is 0 Å². The molecule has 1 aromatic carbocycles. The molecule has 1 amide bonds. The normalized spacial score (nSPS) is 12.2. The van der Waals surface area contributed by atoms with Crippen LogP contribution in [0.1, 0.15) is 27.2 Å². The minimum atomic E-state index is -3.47. The number of benzene rings is 1. The third-order valence-electron chi connectivity index (χ3n) is 2.78. The minimum absolute atomic E-state index is 0.188. The van der Waals surface area contributed by atoms with Gasteiger partial charge in [0, 0.05) is 12.2 Å². The molecule has 4 N–H and O–H groups in total. The van der Waals surface area contributed by atoms with Crippen molar-refractivity contribution in [2.45, 2.75) is 37.6 Å². The second kappa shape index (κ2) is 6.23. The van der Waals surface area contributed by atoms with Crippen molar-refractivity contribution in [2.24, 2.45) is 5.73 Å². The van der Waals surface area contributed by atoms with Crippen LogP contribution in [-0.2, 0) is 14.8 Å². The van der Waals surface area contributed by atoms with E-state index in [1.165, 1.54) is 12.1 Å². The van der Waals surface area contributed by atoms with Crippen LogP contribution in [0.4, 0.5) is 5.69 Å². The summed E-state index contributed by atoms with van der Waals surface area (Å²) in [4.78, 5) is 11.4. The van der Waals surface area contributed by atoms with E-state index >= 15 is 0 Å². The molecular weight excluding hydrogens is 278 g/mol. The first-order valence-corrected chi connectivity index (χ1v) is 7.85. The summed E-state index contributed by atoms with van der Waals surface area (Å²) in [5, 5.41) is 2.95. The zero-order valence-corrected chi connectivity index (χ0v) is 12.8. The highest BCUT2D eigenvalue weighted by Gasteiger charge is 2.24. The maximum Gasteiger partial charge on any atom is 0.242 e. The third kappa shape index (κ3) is 4.21. The quantitative estimate of drug-likeness (QED) is 0.700. The fourth-order valence-corrected chi connectivity index (χ4v) is 2.59. The van der Waals surface area contributed by atoms with Crippen LogP contribution in [0, 0.1) is 0 Å². The number of anilines is 1. The fourth-order valence-electron chi connectivity index (χ4n) is 1.46. The number of amides is 1. The lowest BCUT2D eigenvalue weighted by molar-refractivity contribution is -0.121. The van der Waals surface area contributed by atoms with Gasteiger partial charge in [0.1, 0.15) is 5.54 Å². The maximum absolute atomic E-state index is 11.9. The van der Waals surface area contributed by atoms with Gasteiger partial charge in [-0.1, -0.05) is 6.92 Å². The molecule has 0 spiro atoms. The Morgan fingerprint density at radius 1 is 1.25 bits per heavy atom. The summed E-state index contributed by atoms with van der Waals surface area (Å²) in [7, 11) is -3.47. The van der Waals surface area contributed by atoms with Crippen LogP contribution in [0.15, 0.2) is 29.2 Å². The predicted molar refractivity (Wildman–Crippen MR) is 78.8 cm³/mol. The first kappa shape index (κ1) is 16.5. The zero-order valence-electron chi connectivity index (χ0n) is 11.9. The number of nitrogens with one attached hydrogen (secondary N) is 2. The van der Waals surface area contributed by atoms with Gasteiger partial charge < -0.3 is 11.1 Å². The number of carbonyl (C=O) groups excluding carboxylic acids is 1. The second-order valence-electron chi connectivity index (χ2n) is 5.04. The molecule has 0 aliphatic rings. The van der Waals surface area contributed by atoms with Crippen LogP contribution >= 0.6 is 0 Å². The number of sulfonamides is 1. The summed E-state index contributed by atoms with van der Waals surface area (Å²) >= 11 is 0. The number of rotatable bonds is 7. The molecule has 20 heavy (non-hydrogen) atoms. The molecule has 0 atom stereocenters. The van der Waals surface area contributed by atoms with Crippen molar-refractivity contribution in [1.82, 2.24) is 4.72 Å². The summed E-state index contributed by atoms with van der Waals surface area (Å²) in [5.74, 6) is -0.487. The van der Waals surface area contributed by atoms with E-state index in [1.807, 2.05) is 6.92 Å². The molecule has 1 rings (SSSR count). The Morgan fingerprint density at radius 3 is 2.25 bits per heavy atom. The first-order valence-electron chi connectivity index (χ1n) is 6.37. The van der Waals surface area contributed by atoms with E-state index in [-0.39, 0.29) is 4.90 Å². The zero-order chi connectivity index (χ0) is 15.4. The molecule has 0 saturated heterocycles. The fraction of sp³-hybridized carbons (Fsp3) is 0.462. The van der Waals surface area contributed by atoms with Gasteiger partial charge in [-0.25, -0.2) is 13.1 Å². The molecule has 0 saturated carbocycles. The average Bonchev–Trinajstić information content (AvgIpc) is 2.36. The highest BCUT2D eigenvalue weighted by molar-refractivity contribution is 7.89. The second-order valence-corrected chi connectivity index (χ2v) is 6.80. The van der Waals surface area contributed by atoms with Crippen molar-refractivity contribution in [1.29, 1.82) is 0 Å². The Kier molecular flexibility index (Phi) is 5.13. The van der Waals surface area contributed by atoms with Crippen LogP contribution in [0.3, 0.4) is 0 Å². The lowest BCUT2D eigenvalue weighted by Crippen LogP contribution is -2.45. The van der Waals surface area contributed by atoms with Crippen molar-refractivity contribution >= 4 is 21.6 Å². The van der Waals surface area contributed by atoms with Gasteiger partial charge in [-0.15, -0.1) is 0 Å². The Balaban J connectivity index is 2.87. The van der Waals surface area contributed by atoms with Crippen molar-refractivity contribution < 1.29 is 13.2 Å². The van der Waals surface area contributed by atoms with E-state index in [0.29, 0.717) is 12.2 Å². The molecule has 0 aliphatic carbocycles. The standard InChI is InChI=1S/C13H21N3O3S/c1-4-9-15-20(18,19)11-7-5-10(6-8-11)16-13(2,3)12(14)17/h5-8,15-16H,4,9H2,1-3H3,(H2,14,17). The number of hydrogen-bond acceptors (Lipinski definition) is 4. The first-order chi connectivity index (χ1) is 9.19. The topological polar surface area (TPSA) is 101 Å². The molecule has 0 aromatic heterocycles. The van der Waals surface area contributed by atoms with E-state index < -0.39 is 21.5 Å². The van der Waals surface area contributed by atoms with Crippen LogP contribution in [0.2, 0.25) is 0 Å². The monoisotopic (exact) mass is 299 g/mol. The highest BCUT2D eigenvalue weighted by Crippen LogP contribution is 2.18. The average molecular weight is 299 g/mol. The molecule has 0 fully saturated rings. The molecule has 7 heteroatoms. The number of carbonyl (C=O) groups is 1. The maximum atomic E-state index is 11.9. The molecule has 112 valence electrons. The Bertz CT molecular complexity index is 565. The molecule has 0 aliphatic heterocycles. The Labute approximate surface area is 119 Å². The van der Waals surface area contributed by atoms with E-state index in [4.69, 9.17) is 5.73 Å². The highest BCUT2D eigenvalue weighted by atomic mass is 32.2. The molecular formula is C13H21N3O3S. The van der Waals surface area contributed by atoms with E-state index in [9.17, 15) is 13.2 Å². The van der Waals surface area contributed by atoms with Gasteiger partial charge in [-0.2, -0.15) is 0 Å². The SMILES string of the molecule is CCCNS(=O)(=O)c1ccc(NC(C)(C)C(N)=O)cc1. The third-order valence-corrected chi connectivity index (χ3v) is 4.26. The number of hydrogen-bond donors (Lipinski definition) is 3. The summed E-state index contributed by atoms with van der Waals surface area (Å²) in [6.45, 7) is 5.60. The largest absolute Gasteiger partial charge is 0.372 e. The van der Waals surface area contributed by atoms with Crippen molar-refractivity contribution in [2.75, 3.05) is 11.9 Å². The van der Waals surface area contributed by atoms with Crippen molar-refractivity contribution in [3.05, 3.63) is 24.3 Å². The summed E-state index contributed by atoms with van der Waals surface area (Å²) in [5.41, 5.74) is 4.99. The molecule has 6 nitrogen and oxygen atoms in total. The van der Waals surface area contributed by atoms with Crippen molar-refractivity contribution in [3.63, 3.8) is 0 Å². The number of primary amides is 1. The van der Waals surface area contributed by atoms with Gasteiger partial charge in [0.25, 0.3) is 0 Å². The van der Waals surface area contributed by atoms with Gasteiger partial charge >= 0.3 is 0 Å². The summed E-state index contributed by atoms with van der Waals surface area (Å²) in [6.07, 6.45) is 0.728. The molecule has 0 unspecified atom stereocenters. The Hall–Kier alpha value is -1.60. The molecule has 0 heterocycles. The number of nitrogens with two attached hydrogens (primary N) is 1. The van der Waals surface area contributed by atoms with E-state index in [1.54, 1.807) is 26.0 Å². The van der Waals surface area contributed by atoms with E-state index in [2.05, 4.69) is 10.0 Å². The molecule has 0 radical (unpaired) electrons. The Morgan fingerprint density at radius 2 is 1.80 bits per heavy atom.